The van der Waals surface area contributed by atoms with Crippen LogP contribution in [0.15, 0.2) is 48.5 Å². The third kappa shape index (κ3) is 6.82. The minimum absolute atomic E-state index is 0.140. The van der Waals surface area contributed by atoms with Gasteiger partial charge in [-0.15, -0.1) is 0 Å². The number of amides is 1. The van der Waals surface area contributed by atoms with E-state index in [9.17, 15) is 9.18 Å². The van der Waals surface area contributed by atoms with Gasteiger partial charge in [0.1, 0.15) is 11.4 Å². The van der Waals surface area contributed by atoms with Gasteiger partial charge in [0.2, 0.25) is 0 Å². The summed E-state index contributed by atoms with van der Waals surface area (Å²) < 4.78 is 19.9. The Balaban J connectivity index is 1.26. The molecule has 4 nitrogen and oxygen atoms in total. The number of carbonyl (C=O) groups is 1. The molecule has 1 unspecified atom stereocenters. The zero-order valence-electron chi connectivity index (χ0n) is 20.9. The van der Waals surface area contributed by atoms with Gasteiger partial charge in [0, 0.05) is 25.2 Å². The van der Waals surface area contributed by atoms with Crippen LogP contribution in [-0.2, 0) is 0 Å². The van der Waals surface area contributed by atoms with Gasteiger partial charge >= 0.3 is 0 Å². The lowest BCUT2D eigenvalue weighted by molar-refractivity contribution is 0.0683. The van der Waals surface area contributed by atoms with Crippen molar-refractivity contribution in [1.82, 2.24) is 9.80 Å². The van der Waals surface area contributed by atoms with Crippen molar-refractivity contribution in [2.75, 3.05) is 39.3 Å². The van der Waals surface area contributed by atoms with E-state index in [0.717, 1.165) is 67.9 Å². The minimum atomic E-state index is -1.13. The topological polar surface area (TPSA) is 32.8 Å². The summed E-state index contributed by atoms with van der Waals surface area (Å²) in [5.74, 6) is 2.12. The molecule has 0 N–H and O–H groups in total. The Hall–Kier alpha value is -2.40. The number of piperidine rings is 2. The van der Waals surface area contributed by atoms with Crippen molar-refractivity contribution in [3.05, 3.63) is 54.1 Å². The second-order valence-corrected chi connectivity index (χ2v) is 10.8. The Kier molecular flexibility index (Phi) is 7.92. The molecule has 2 aromatic carbocycles. The maximum Gasteiger partial charge on any atom is 0.253 e. The van der Waals surface area contributed by atoms with Gasteiger partial charge < -0.3 is 14.5 Å². The van der Waals surface area contributed by atoms with E-state index >= 15 is 0 Å². The summed E-state index contributed by atoms with van der Waals surface area (Å²) in [6.07, 6.45) is 4.40. The van der Waals surface area contributed by atoms with Gasteiger partial charge in [0.05, 0.1) is 6.61 Å². The predicted octanol–water partition coefficient (Wildman–Crippen LogP) is 6.06. The summed E-state index contributed by atoms with van der Waals surface area (Å²) in [5, 5.41) is 0. The molecule has 0 radical (unpaired) electrons. The monoisotopic (exact) mass is 466 g/mol. The van der Waals surface area contributed by atoms with Crippen LogP contribution >= 0.6 is 0 Å². The van der Waals surface area contributed by atoms with Gasteiger partial charge in [-0.25, -0.2) is 4.39 Å². The first-order chi connectivity index (χ1) is 16.3. The fourth-order valence-corrected chi connectivity index (χ4v) is 5.16. The molecule has 2 aromatic rings. The highest BCUT2D eigenvalue weighted by molar-refractivity contribution is 5.94. The van der Waals surface area contributed by atoms with Crippen LogP contribution in [0.3, 0.4) is 0 Å². The third-order valence-corrected chi connectivity index (χ3v) is 7.06. The van der Waals surface area contributed by atoms with Crippen molar-refractivity contribution in [3.63, 3.8) is 0 Å². The molecule has 0 saturated carbocycles. The van der Waals surface area contributed by atoms with Crippen LogP contribution in [0.1, 0.15) is 56.8 Å². The normalized spacial score (nSPS) is 20.4. The molecule has 5 heteroatoms. The molecule has 34 heavy (non-hydrogen) atoms. The smallest absolute Gasteiger partial charge is 0.253 e. The van der Waals surface area contributed by atoms with Crippen molar-refractivity contribution in [1.29, 1.82) is 0 Å². The number of alkyl halides is 1. The summed E-state index contributed by atoms with van der Waals surface area (Å²) in [5.41, 5.74) is 1.84. The number of benzene rings is 2. The average Bonchev–Trinajstić information content (AvgIpc) is 2.83. The number of carbonyl (C=O) groups excluding carboxylic acids is 1. The summed E-state index contributed by atoms with van der Waals surface area (Å²) in [4.78, 5) is 17.0. The molecular formula is C29H39FN2O2. The third-order valence-electron chi connectivity index (χ3n) is 7.06. The Morgan fingerprint density at radius 1 is 0.971 bits per heavy atom. The van der Waals surface area contributed by atoms with E-state index in [1.165, 1.54) is 6.42 Å². The second-order valence-electron chi connectivity index (χ2n) is 10.8. The van der Waals surface area contributed by atoms with Crippen molar-refractivity contribution in [2.24, 2.45) is 11.8 Å². The van der Waals surface area contributed by atoms with Crippen LogP contribution < -0.4 is 4.74 Å². The van der Waals surface area contributed by atoms with Crippen molar-refractivity contribution >= 4 is 5.91 Å². The van der Waals surface area contributed by atoms with Gasteiger partial charge in [-0.3, -0.25) is 4.79 Å². The summed E-state index contributed by atoms with van der Waals surface area (Å²) >= 11 is 0. The molecule has 1 amide bonds. The number of rotatable bonds is 7. The minimum Gasteiger partial charge on any atom is -0.493 e. The first kappa shape index (κ1) is 24.7. The van der Waals surface area contributed by atoms with E-state index in [4.69, 9.17) is 4.74 Å². The molecule has 184 valence electrons. The fourth-order valence-electron chi connectivity index (χ4n) is 5.16. The van der Waals surface area contributed by atoms with Gasteiger partial charge in [-0.05, 0) is 99.8 Å². The van der Waals surface area contributed by atoms with Crippen molar-refractivity contribution < 1.29 is 13.9 Å². The van der Waals surface area contributed by atoms with Crippen LogP contribution in [0.25, 0.3) is 11.1 Å². The van der Waals surface area contributed by atoms with E-state index in [0.29, 0.717) is 25.0 Å². The Morgan fingerprint density at radius 3 is 2.18 bits per heavy atom. The van der Waals surface area contributed by atoms with Gasteiger partial charge in [-0.2, -0.15) is 0 Å². The Morgan fingerprint density at radius 2 is 1.59 bits per heavy atom. The Bertz CT molecular complexity index is 928. The SMILES string of the molecule is CC1CCCN(C(=O)c2ccc(-c3ccc(OCC4CCN(CC(C)(C)F)CC4)cc3)cc2)C1. The van der Waals surface area contributed by atoms with Crippen LogP contribution in [0.4, 0.5) is 4.39 Å². The molecule has 2 aliphatic heterocycles. The lowest BCUT2D eigenvalue weighted by Gasteiger charge is -2.34. The first-order valence-corrected chi connectivity index (χ1v) is 12.8. The van der Waals surface area contributed by atoms with Gasteiger partial charge in [-0.1, -0.05) is 31.2 Å². The molecule has 2 aliphatic rings. The number of halogens is 1. The molecule has 2 saturated heterocycles. The number of hydrogen-bond acceptors (Lipinski definition) is 3. The second kappa shape index (κ2) is 10.9. The average molecular weight is 467 g/mol. The highest BCUT2D eigenvalue weighted by atomic mass is 19.1. The lowest BCUT2D eigenvalue weighted by Crippen LogP contribution is -2.41. The largest absolute Gasteiger partial charge is 0.493 e. The molecule has 1 atom stereocenters. The van der Waals surface area contributed by atoms with E-state index in [1.807, 2.05) is 41.3 Å². The summed E-state index contributed by atoms with van der Waals surface area (Å²) in [6, 6.07) is 16.1. The number of likely N-dealkylation sites (tertiary alicyclic amines) is 2. The molecule has 0 aromatic heterocycles. The van der Waals surface area contributed by atoms with Crippen LogP contribution in [0, 0.1) is 11.8 Å². The summed E-state index contributed by atoms with van der Waals surface area (Å²) in [6.45, 7) is 10.3. The van der Waals surface area contributed by atoms with Crippen LogP contribution in [0.5, 0.6) is 5.75 Å². The quantitative estimate of drug-likeness (QED) is 0.497. The number of ether oxygens (including phenoxy) is 1. The molecule has 4 rings (SSSR count). The van der Waals surface area contributed by atoms with E-state index in [-0.39, 0.29) is 5.91 Å². The number of nitrogens with zero attached hydrogens (tertiary/aromatic N) is 2. The zero-order chi connectivity index (χ0) is 24.1. The van der Waals surface area contributed by atoms with Gasteiger partial charge in [0.15, 0.2) is 0 Å². The molecule has 0 spiro atoms. The molecule has 2 heterocycles. The maximum absolute atomic E-state index is 13.9. The summed E-state index contributed by atoms with van der Waals surface area (Å²) in [7, 11) is 0. The lowest BCUT2D eigenvalue weighted by atomic mass is 9.97. The standard InChI is InChI=1S/C29H39FN2O2/c1-22-5-4-16-32(19-22)28(33)26-8-6-24(7-9-26)25-10-12-27(13-11-25)34-20-23-14-17-31(18-15-23)21-29(2,3)30/h6-13,22-23H,4-5,14-21H2,1-3H3. The fraction of sp³-hybridized carbons (Fsp3) is 0.552. The van der Waals surface area contributed by atoms with Gasteiger partial charge in [0.25, 0.3) is 5.91 Å². The van der Waals surface area contributed by atoms with E-state index in [1.54, 1.807) is 13.8 Å². The van der Waals surface area contributed by atoms with E-state index < -0.39 is 5.67 Å². The predicted molar refractivity (Wildman–Crippen MR) is 136 cm³/mol. The molecule has 2 fully saturated rings. The van der Waals surface area contributed by atoms with Crippen molar-refractivity contribution in [2.45, 2.75) is 52.1 Å². The van der Waals surface area contributed by atoms with E-state index in [2.05, 4.69) is 24.0 Å². The maximum atomic E-state index is 13.9. The highest BCUT2D eigenvalue weighted by Crippen LogP contribution is 2.26. The Labute approximate surface area is 204 Å². The zero-order valence-corrected chi connectivity index (χ0v) is 20.9. The molecule has 0 aliphatic carbocycles. The highest BCUT2D eigenvalue weighted by Gasteiger charge is 2.25. The number of hydrogen-bond donors (Lipinski definition) is 0. The molecule has 0 bridgehead atoms. The van der Waals surface area contributed by atoms with Crippen molar-refractivity contribution in [3.8, 4) is 16.9 Å². The first-order valence-electron chi connectivity index (χ1n) is 12.8. The van der Waals surface area contributed by atoms with Crippen LogP contribution in [-0.4, -0.2) is 60.7 Å². The molecular weight excluding hydrogens is 427 g/mol. The van der Waals surface area contributed by atoms with Crippen LogP contribution in [0.2, 0.25) is 0 Å².